The zero-order valence-electron chi connectivity index (χ0n) is 5.86. The molecule has 0 spiro atoms. The standard InChI is InChI=1S/C6H10N2O2/c1-7(4-9)6-2-8(3-6)5-10/h4-6H,2-3H2,1H3. The lowest BCUT2D eigenvalue weighted by Crippen LogP contribution is -2.57. The van der Waals surface area contributed by atoms with Crippen LogP contribution in [-0.4, -0.2) is 48.8 Å². The highest BCUT2D eigenvalue weighted by atomic mass is 16.1. The molecule has 1 fully saturated rings. The van der Waals surface area contributed by atoms with Crippen LogP contribution in [0.4, 0.5) is 0 Å². The monoisotopic (exact) mass is 142 g/mol. The summed E-state index contributed by atoms with van der Waals surface area (Å²) in [5, 5.41) is 0. The zero-order chi connectivity index (χ0) is 7.56. The first-order valence-electron chi connectivity index (χ1n) is 3.14. The van der Waals surface area contributed by atoms with Gasteiger partial charge in [0.25, 0.3) is 0 Å². The highest BCUT2D eigenvalue weighted by Gasteiger charge is 2.27. The van der Waals surface area contributed by atoms with Gasteiger partial charge in [-0.25, -0.2) is 0 Å². The van der Waals surface area contributed by atoms with E-state index < -0.39 is 0 Å². The Morgan fingerprint density at radius 2 is 2.10 bits per heavy atom. The number of amides is 2. The molecule has 56 valence electrons. The van der Waals surface area contributed by atoms with Gasteiger partial charge in [0, 0.05) is 20.1 Å². The van der Waals surface area contributed by atoms with E-state index in [0.717, 1.165) is 12.8 Å². The van der Waals surface area contributed by atoms with E-state index >= 15 is 0 Å². The van der Waals surface area contributed by atoms with Crippen LogP contribution in [0.3, 0.4) is 0 Å². The van der Waals surface area contributed by atoms with E-state index in [1.54, 1.807) is 16.8 Å². The van der Waals surface area contributed by atoms with Gasteiger partial charge in [-0.15, -0.1) is 0 Å². The van der Waals surface area contributed by atoms with Crippen molar-refractivity contribution in [1.29, 1.82) is 0 Å². The normalized spacial score (nSPS) is 17.9. The van der Waals surface area contributed by atoms with Crippen molar-refractivity contribution in [2.45, 2.75) is 6.04 Å². The van der Waals surface area contributed by atoms with E-state index in [-0.39, 0.29) is 6.04 Å². The first-order chi connectivity index (χ1) is 4.77. The van der Waals surface area contributed by atoms with Crippen LogP contribution >= 0.6 is 0 Å². The second-order valence-corrected chi connectivity index (χ2v) is 2.48. The third-order valence-electron chi connectivity index (χ3n) is 1.78. The summed E-state index contributed by atoms with van der Waals surface area (Å²) in [5.41, 5.74) is 0. The SMILES string of the molecule is CN(C=O)C1CN(C=O)C1. The van der Waals surface area contributed by atoms with Crippen LogP contribution in [0.2, 0.25) is 0 Å². The molecule has 0 bridgehead atoms. The van der Waals surface area contributed by atoms with Crippen molar-refractivity contribution in [1.82, 2.24) is 9.80 Å². The predicted octanol–water partition coefficient (Wildman–Crippen LogP) is -1.08. The van der Waals surface area contributed by atoms with Crippen LogP contribution < -0.4 is 0 Å². The van der Waals surface area contributed by atoms with E-state index in [1.165, 1.54) is 0 Å². The number of hydrogen-bond acceptors (Lipinski definition) is 2. The van der Waals surface area contributed by atoms with Crippen molar-refractivity contribution in [3.05, 3.63) is 0 Å². The van der Waals surface area contributed by atoms with Crippen molar-refractivity contribution in [2.75, 3.05) is 20.1 Å². The maximum absolute atomic E-state index is 10.2. The van der Waals surface area contributed by atoms with E-state index in [9.17, 15) is 9.59 Å². The zero-order valence-corrected chi connectivity index (χ0v) is 5.86. The van der Waals surface area contributed by atoms with Crippen LogP contribution in [0.5, 0.6) is 0 Å². The molecule has 0 aromatic rings. The Morgan fingerprint density at radius 1 is 1.50 bits per heavy atom. The number of carbonyl (C=O) groups is 2. The Balaban J connectivity index is 2.25. The van der Waals surface area contributed by atoms with Crippen LogP contribution in [-0.2, 0) is 9.59 Å². The van der Waals surface area contributed by atoms with Crippen LogP contribution in [0.25, 0.3) is 0 Å². The van der Waals surface area contributed by atoms with Crippen LogP contribution in [0.15, 0.2) is 0 Å². The van der Waals surface area contributed by atoms with Gasteiger partial charge in [-0.2, -0.15) is 0 Å². The Bertz CT molecular complexity index is 143. The molecule has 2 amide bonds. The maximum atomic E-state index is 10.2. The molecule has 0 saturated carbocycles. The summed E-state index contributed by atoms with van der Waals surface area (Å²) in [7, 11) is 1.72. The Morgan fingerprint density at radius 3 is 2.50 bits per heavy atom. The molecule has 1 rings (SSSR count). The number of likely N-dealkylation sites (tertiary alicyclic amines) is 1. The molecule has 0 aromatic carbocycles. The Kier molecular flexibility index (Phi) is 1.89. The minimum Gasteiger partial charge on any atom is -0.342 e. The summed E-state index contributed by atoms with van der Waals surface area (Å²) in [6.07, 6.45) is 1.59. The molecule has 4 nitrogen and oxygen atoms in total. The summed E-state index contributed by atoms with van der Waals surface area (Å²) in [6, 6.07) is 0.239. The lowest BCUT2D eigenvalue weighted by Gasteiger charge is -2.40. The van der Waals surface area contributed by atoms with Gasteiger partial charge < -0.3 is 9.80 Å². The van der Waals surface area contributed by atoms with Gasteiger partial charge in [-0.3, -0.25) is 9.59 Å². The second kappa shape index (κ2) is 2.68. The van der Waals surface area contributed by atoms with Gasteiger partial charge in [0.2, 0.25) is 12.8 Å². The number of hydrogen-bond donors (Lipinski definition) is 0. The average Bonchev–Trinajstić information content (AvgIpc) is 1.85. The molecule has 4 heteroatoms. The Hall–Kier alpha value is -1.06. The minimum absolute atomic E-state index is 0.239. The Labute approximate surface area is 59.4 Å². The molecule has 0 aliphatic carbocycles. The molecule has 1 saturated heterocycles. The van der Waals surface area contributed by atoms with Gasteiger partial charge in [-0.05, 0) is 0 Å². The maximum Gasteiger partial charge on any atom is 0.209 e. The summed E-state index contributed by atoms with van der Waals surface area (Å²) in [6.45, 7) is 1.36. The van der Waals surface area contributed by atoms with Crippen molar-refractivity contribution in [3.8, 4) is 0 Å². The lowest BCUT2D eigenvalue weighted by molar-refractivity contribution is -0.130. The molecule has 1 heterocycles. The molecule has 1 aliphatic rings. The fourth-order valence-electron chi connectivity index (χ4n) is 0.918. The third-order valence-corrected chi connectivity index (χ3v) is 1.78. The van der Waals surface area contributed by atoms with E-state index in [0.29, 0.717) is 13.1 Å². The number of carbonyl (C=O) groups excluding carboxylic acids is 2. The number of rotatable bonds is 3. The molecule has 0 unspecified atom stereocenters. The molecule has 0 radical (unpaired) electrons. The fourth-order valence-corrected chi connectivity index (χ4v) is 0.918. The van der Waals surface area contributed by atoms with Crippen molar-refractivity contribution in [2.24, 2.45) is 0 Å². The van der Waals surface area contributed by atoms with E-state index in [1.807, 2.05) is 0 Å². The topological polar surface area (TPSA) is 40.6 Å². The minimum atomic E-state index is 0.239. The second-order valence-electron chi connectivity index (χ2n) is 2.48. The number of likely N-dealkylation sites (N-methyl/N-ethyl adjacent to an activating group) is 1. The van der Waals surface area contributed by atoms with Gasteiger partial charge in [0.1, 0.15) is 0 Å². The molecule has 0 atom stereocenters. The van der Waals surface area contributed by atoms with Crippen molar-refractivity contribution in [3.63, 3.8) is 0 Å². The smallest absolute Gasteiger partial charge is 0.209 e. The first-order valence-corrected chi connectivity index (χ1v) is 3.14. The molecular formula is C6H10N2O2. The van der Waals surface area contributed by atoms with E-state index in [4.69, 9.17) is 0 Å². The van der Waals surface area contributed by atoms with Gasteiger partial charge >= 0.3 is 0 Å². The molecule has 0 aromatic heterocycles. The molecule has 1 aliphatic heterocycles. The summed E-state index contributed by atoms with van der Waals surface area (Å²) in [5.74, 6) is 0. The number of nitrogens with zero attached hydrogens (tertiary/aromatic N) is 2. The van der Waals surface area contributed by atoms with E-state index in [2.05, 4.69) is 0 Å². The lowest BCUT2D eigenvalue weighted by atomic mass is 10.1. The predicted molar refractivity (Wildman–Crippen MR) is 35.3 cm³/mol. The highest BCUT2D eigenvalue weighted by molar-refractivity contribution is 5.52. The van der Waals surface area contributed by atoms with Crippen LogP contribution in [0, 0.1) is 0 Å². The van der Waals surface area contributed by atoms with Gasteiger partial charge in [0.05, 0.1) is 6.04 Å². The first kappa shape index (κ1) is 7.05. The van der Waals surface area contributed by atoms with Crippen molar-refractivity contribution < 1.29 is 9.59 Å². The van der Waals surface area contributed by atoms with Gasteiger partial charge in [0.15, 0.2) is 0 Å². The third kappa shape index (κ3) is 1.10. The summed E-state index contributed by atoms with van der Waals surface area (Å²) >= 11 is 0. The summed E-state index contributed by atoms with van der Waals surface area (Å²) in [4.78, 5) is 23.4. The molecular weight excluding hydrogens is 132 g/mol. The average molecular weight is 142 g/mol. The molecule has 10 heavy (non-hydrogen) atoms. The largest absolute Gasteiger partial charge is 0.342 e. The molecule has 0 N–H and O–H groups in total. The van der Waals surface area contributed by atoms with Crippen LogP contribution in [0.1, 0.15) is 0 Å². The summed E-state index contributed by atoms with van der Waals surface area (Å²) < 4.78 is 0. The van der Waals surface area contributed by atoms with Gasteiger partial charge in [-0.1, -0.05) is 0 Å². The highest BCUT2D eigenvalue weighted by Crippen LogP contribution is 2.08. The van der Waals surface area contributed by atoms with Crippen molar-refractivity contribution >= 4 is 12.8 Å². The fraction of sp³-hybridized carbons (Fsp3) is 0.667. The quantitative estimate of drug-likeness (QED) is 0.470.